The van der Waals surface area contributed by atoms with E-state index < -0.39 is 49.2 Å². The number of halogens is 8. The molecule has 0 bridgehead atoms. The molecule has 1 aromatic carbocycles. The smallest absolute Gasteiger partial charge is 0.428 e. The van der Waals surface area contributed by atoms with Crippen LogP contribution in [0, 0.1) is 0 Å². The zero-order chi connectivity index (χ0) is 21.0. The number of alkyl halides is 8. The molecule has 13 heteroatoms. The van der Waals surface area contributed by atoms with Gasteiger partial charge >= 0.3 is 19.0 Å². The standard InChI is InChI=1S/C14H13F8NO4/c1-26-8-3-2-7(4-9(8)27-11(15)16)5-10(24)23-6-12(25,13(17,18)19)14(20,21)22/h2-4,11,25H,5-6H2,1H3,(H,23,24). The molecule has 154 valence electrons. The van der Waals surface area contributed by atoms with E-state index in [2.05, 4.69) is 4.74 Å². The minimum absolute atomic E-state index is 0.0634. The van der Waals surface area contributed by atoms with Crippen molar-refractivity contribution in [1.82, 2.24) is 5.32 Å². The Morgan fingerprint density at radius 2 is 1.67 bits per heavy atom. The van der Waals surface area contributed by atoms with Crippen molar-refractivity contribution in [2.24, 2.45) is 0 Å². The van der Waals surface area contributed by atoms with E-state index in [-0.39, 0.29) is 11.3 Å². The summed E-state index contributed by atoms with van der Waals surface area (Å²) in [5.74, 6) is -1.95. The van der Waals surface area contributed by atoms with Crippen molar-refractivity contribution in [3.05, 3.63) is 23.8 Å². The first kappa shape index (κ1) is 22.7. The first-order chi connectivity index (χ1) is 12.2. The van der Waals surface area contributed by atoms with Gasteiger partial charge in [-0.05, 0) is 17.7 Å². The van der Waals surface area contributed by atoms with Crippen molar-refractivity contribution >= 4 is 5.91 Å². The summed E-state index contributed by atoms with van der Waals surface area (Å²) in [5, 5.41) is 10.3. The molecule has 5 nitrogen and oxygen atoms in total. The lowest BCUT2D eigenvalue weighted by Crippen LogP contribution is -2.62. The highest BCUT2D eigenvalue weighted by molar-refractivity contribution is 5.78. The molecule has 27 heavy (non-hydrogen) atoms. The molecule has 0 aromatic heterocycles. The number of nitrogens with one attached hydrogen (secondary N) is 1. The minimum atomic E-state index is -6.09. The lowest BCUT2D eigenvalue weighted by atomic mass is 10.0. The number of benzene rings is 1. The van der Waals surface area contributed by atoms with Crippen LogP contribution in [0.5, 0.6) is 11.5 Å². The average molecular weight is 411 g/mol. The number of hydrogen-bond donors (Lipinski definition) is 2. The molecule has 0 atom stereocenters. The van der Waals surface area contributed by atoms with Crippen molar-refractivity contribution in [3.63, 3.8) is 0 Å². The van der Waals surface area contributed by atoms with Crippen molar-refractivity contribution in [3.8, 4) is 11.5 Å². The van der Waals surface area contributed by atoms with Crippen molar-refractivity contribution in [2.45, 2.75) is 31.0 Å². The molecular formula is C14H13F8NO4. The Labute approximate surface area is 146 Å². The van der Waals surface area contributed by atoms with Crippen LogP contribution >= 0.6 is 0 Å². The number of rotatable bonds is 7. The van der Waals surface area contributed by atoms with Crippen LogP contribution in [-0.2, 0) is 11.2 Å². The molecule has 0 heterocycles. The lowest BCUT2D eigenvalue weighted by Gasteiger charge is -2.32. The largest absolute Gasteiger partial charge is 0.493 e. The van der Waals surface area contributed by atoms with Crippen LogP contribution < -0.4 is 14.8 Å². The molecule has 0 aliphatic rings. The molecule has 0 aliphatic heterocycles. The molecule has 0 unspecified atom stereocenters. The molecule has 0 saturated carbocycles. The fourth-order valence-electron chi connectivity index (χ4n) is 1.85. The summed E-state index contributed by atoms with van der Waals surface area (Å²) < 4.78 is 109. The van der Waals surface area contributed by atoms with E-state index in [1.165, 1.54) is 5.32 Å². The van der Waals surface area contributed by atoms with Gasteiger partial charge in [-0.25, -0.2) is 0 Å². The van der Waals surface area contributed by atoms with Crippen LogP contribution in [0.2, 0.25) is 0 Å². The summed E-state index contributed by atoms with van der Waals surface area (Å²) in [6.45, 7) is -5.41. The monoisotopic (exact) mass is 411 g/mol. The van der Waals surface area contributed by atoms with Crippen molar-refractivity contribution in [2.75, 3.05) is 13.7 Å². The zero-order valence-electron chi connectivity index (χ0n) is 13.4. The molecule has 2 N–H and O–H groups in total. The normalized spacial score (nSPS) is 12.9. The number of carbonyl (C=O) groups is 1. The van der Waals surface area contributed by atoms with Crippen molar-refractivity contribution < 1.29 is 54.5 Å². The Hall–Kier alpha value is -2.31. The molecular weight excluding hydrogens is 398 g/mol. The summed E-state index contributed by atoms with van der Waals surface area (Å²) in [7, 11) is 1.13. The number of ether oxygens (including phenoxy) is 2. The maximum Gasteiger partial charge on any atom is 0.428 e. The van der Waals surface area contributed by atoms with Gasteiger partial charge in [-0.3, -0.25) is 4.79 Å². The van der Waals surface area contributed by atoms with E-state index in [1.54, 1.807) is 0 Å². The second-order valence-corrected chi connectivity index (χ2v) is 5.17. The molecule has 0 spiro atoms. The highest BCUT2D eigenvalue weighted by Gasteiger charge is 2.70. The minimum Gasteiger partial charge on any atom is -0.493 e. The highest BCUT2D eigenvalue weighted by Crippen LogP contribution is 2.42. The van der Waals surface area contributed by atoms with Crippen LogP contribution in [0.25, 0.3) is 0 Å². The second kappa shape index (κ2) is 8.15. The van der Waals surface area contributed by atoms with Gasteiger partial charge in [0.05, 0.1) is 20.1 Å². The third kappa shape index (κ3) is 5.58. The summed E-state index contributed by atoms with van der Waals surface area (Å²) in [4.78, 5) is 11.6. The maximum absolute atomic E-state index is 12.5. The number of hydrogen-bond acceptors (Lipinski definition) is 4. The fraction of sp³-hybridized carbons (Fsp3) is 0.500. The molecule has 0 radical (unpaired) electrons. The molecule has 1 rings (SSSR count). The number of aliphatic hydroxyl groups is 1. The summed E-state index contributed by atoms with van der Waals surface area (Å²) in [6.07, 6.45) is -12.9. The van der Waals surface area contributed by atoms with Gasteiger partial charge in [-0.1, -0.05) is 6.07 Å². The molecule has 1 aromatic rings. The van der Waals surface area contributed by atoms with Gasteiger partial charge in [0.25, 0.3) is 5.60 Å². The predicted octanol–water partition coefficient (Wildman–Crippen LogP) is 2.81. The second-order valence-electron chi connectivity index (χ2n) is 5.17. The van der Waals surface area contributed by atoms with E-state index in [1.807, 2.05) is 0 Å². The molecule has 0 aliphatic carbocycles. The summed E-state index contributed by atoms with van der Waals surface area (Å²) in [5.41, 5.74) is -5.20. The van der Waals surface area contributed by atoms with E-state index >= 15 is 0 Å². The Bertz CT molecular complexity index is 645. The fourth-order valence-corrected chi connectivity index (χ4v) is 1.85. The van der Waals surface area contributed by atoms with E-state index in [9.17, 15) is 39.9 Å². The summed E-state index contributed by atoms with van der Waals surface area (Å²) in [6, 6.07) is 3.18. The first-order valence-electron chi connectivity index (χ1n) is 6.95. The zero-order valence-corrected chi connectivity index (χ0v) is 13.4. The highest BCUT2D eigenvalue weighted by atomic mass is 19.4. The van der Waals surface area contributed by atoms with Crippen LogP contribution in [0.15, 0.2) is 18.2 Å². The first-order valence-corrected chi connectivity index (χ1v) is 6.95. The summed E-state index contributed by atoms with van der Waals surface area (Å²) >= 11 is 0. The van der Waals surface area contributed by atoms with Gasteiger partial charge in [0.2, 0.25) is 5.91 Å². The van der Waals surface area contributed by atoms with Gasteiger partial charge in [0, 0.05) is 0 Å². The van der Waals surface area contributed by atoms with Gasteiger partial charge in [-0.2, -0.15) is 35.1 Å². The average Bonchev–Trinajstić information content (AvgIpc) is 2.50. The Kier molecular flexibility index (Phi) is 6.86. The molecule has 0 fully saturated rings. The Balaban J connectivity index is 2.88. The van der Waals surface area contributed by atoms with E-state index in [0.717, 1.165) is 25.3 Å². The Morgan fingerprint density at radius 1 is 1.11 bits per heavy atom. The third-order valence-electron chi connectivity index (χ3n) is 3.29. The molecule has 1 amide bonds. The van der Waals surface area contributed by atoms with Crippen LogP contribution in [-0.4, -0.2) is 49.2 Å². The van der Waals surface area contributed by atoms with Gasteiger partial charge < -0.3 is 19.9 Å². The number of amides is 1. The van der Waals surface area contributed by atoms with Crippen molar-refractivity contribution in [1.29, 1.82) is 0 Å². The van der Waals surface area contributed by atoms with Crippen LogP contribution in [0.1, 0.15) is 5.56 Å². The van der Waals surface area contributed by atoms with Crippen LogP contribution in [0.4, 0.5) is 35.1 Å². The predicted molar refractivity (Wildman–Crippen MR) is 73.4 cm³/mol. The van der Waals surface area contributed by atoms with Gasteiger partial charge in [0.1, 0.15) is 0 Å². The number of carbonyl (C=O) groups excluding carboxylic acids is 1. The Morgan fingerprint density at radius 3 is 2.11 bits per heavy atom. The van der Waals surface area contributed by atoms with E-state index in [0.29, 0.717) is 0 Å². The van der Waals surface area contributed by atoms with Gasteiger partial charge in [-0.15, -0.1) is 0 Å². The topological polar surface area (TPSA) is 67.8 Å². The third-order valence-corrected chi connectivity index (χ3v) is 3.29. The quantitative estimate of drug-likeness (QED) is 0.678. The maximum atomic E-state index is 12.5. The van der Waals surface area contributed by atoms with E-state index in [4.69, 9.17) is 9.84 Å². The molecule has 0 saturated heterocycles. The number of methoxy groups -OCH3 is 1. The SMILES string of the molecule is COc1ccc(CC(=O)NCC(O)(C(F)(F)F)C(F)(F)F)cc1OC(F)F. The van der Waals surface area contributed by atoms with Gasteiger partial charge in [0.15, 0.2) is 11.5 Å². The van der Waals surface area contributed by atoms with Crippen LogP contribution in [0.3, 0.4) is 0 Å². The lowest BCUT2D eigenvalue weighted by molar-refractivity contribution is -0.364.